The van der Waals surface area contributed by atoms with Crippen LogP contribution in [-0.2, 0) is 4.57 Å². The molecule has 1 aliphatic carbocycles. The lowest BCUT2D eigenvalue weighted by atomic mass is 9.74. The quantitative estimate of drug-likeness (QED) is 0.466. The molecule has 3 aromatic carbocycles. The maximum atomic E-state index is 14.4. The van der Waals surface area contributed by atoms with Gasteiger partial charge < -0.3 is 9.47 Å². The number of benzene rings is 3. The molecule has 0 saturated heterocycles. The van der Waals surface area contributed by atoms with Crippen molar-refractivity contribution in [2.24, 2.45) is 11.8 Å². The molecule has 0 aromatic heterocycles. The molecule has 3 nitrogen and oxygen atoms in total. The first-order valence-corrected chi connectivity index (χ1v) is 14.6. The predicted molar refractivity (Wildman–Crippen MR) is 137 cm³/mol. The van der Waals surface area contributed by atoms with Crippen molar-refractivity contribution >= 4 is 36.9 Å². The Labute approximate surface area is 198 Å². The molecular formula is C28H29O3P2+. The van der Waals surface area contributed by atoms with Crippen molar-refractivity contribution in [2.75, 3.05) is 6.79 Å². The molecule has 3 aliphatic rings. The molecule has 0 radical (unpaired) electrons. The zero-order valence-corrected chi connectivity index (χ0v) is 20.9. The van der Waals surface area contributed by atoms with E-state index in [-0.39, 0.29) is 12.5 Å². The SMILES string of the molecule is CC1c2cc3c(c(P(c4ccccc4)c4ccccc4)c2[P+](=O)[C@@H]2C[C@H](C)CC[C@@H]12)OCO3. The monoisotopic (exact) mass is 475 g/mol. The molecular weight excluding hydrogens is 446 g/mol. The van der Waals surface area contributed by atoms with Crippen LogP contribution in [0.2, 0.25) is 0 Å². The zero-order valence-electron chi connectivity index (χ0n) is 19.1. The number of hydrogen-bond acceptors (Lipinski definition) is 3. The van der Waals surface area contributed by atoms with Gasteiger partial charge >= 0.3 is 7.80 Å². The summed E-state index contributed by atoms with van der Waals surface area (Å²) >= 11 is 0. The first-order valence-electron chi connectivity index (χ1n) is 12.0. The standard InChI is InChI=1S/C28H29O3P2/c1-18-13-14-22-19(2)23-16-24-26(31-17-30-24)28(27(23)33(29)25(22)15-18)32(20-9-5-3-6-10-20)21-11-7-4-8-12-21/h3-12,16,18-19,22,25H,13-15,17H2,1-2H3/q+1/t18-,19?,22+,25-/m1/s1. The third kappa shape index (κ3) is 3.52. The maximum Gasteiger partial charge on any atom is 0.381 e. The molecule has 3 aromatic rings. The Hall–Kier alpha value is -2.21. The van der Waals surface area contributed by atoms with Crippen LogP contribution in [-0.4, -0.2) is 12.5 Å². The van der Waals surface area contributed by atoms with Gasteiger partial charge in [0.05, 0.1) is 5.30 Å². The van der Waals surface area contributed by atoms with E-state index in [0.717, 1.165) is 28.5 Å². The molecule has 6 rings (SSSR count). The van der Waals surface area contributed by atoms with Crippen LogP contribution < -0.4 is 30.7 Å². The minimum Gasteiger partial charge on any atom is -0.454 e. The predicted octanol–water partition coefficient (Wildman–Crippen LogP) is 5.55. The Morgan fingerprint density at radius 3 is 2.24 bits per heavy atom. The molecule has 0 bridgehead atoms. The van der Waals surface area contributed by atoms with Crippen molar-refractivity contribution in [1.29, 1.82) is 0 Å². The molecule has 1 saturated carbocycles. The Kier molecular flexibility index (Phi) is 5.52. The second-order valence-corrected chi connectivity index (χ2v) is 13.6. The highest BCUT2D eigenvalue weighted by Crippen LogP contribution is 2.56. The fourth-order valence-corrected chi connectivity index (χ4v) is 11.5. The summed E-state index contributed by atoms with van der Waals surface area (Å²) in [7, 11) is -2.46. The van der Waals surface area contributed by atoms with E-state index < -0.39 is 15.7 Å². The van der Waals surface area contributed by atoms with Crippen molar-refractivity contribution in [1.82, 2.24) is 0 Å². The minimum absolute atomic E-state index is 0.229. The molecule has 5 atom stereocenters. The smallest absolute Gasteiger partial charge is 0.381 e. The normalized spacial score (nSPS) is 26.7. The third-order valence-corrected chi connectivity index (χ3v) is 12.5. The average molecular weight is 475 g/mol. The Balaban J connectivity index is 1.63. The van der Waals surface area contributed by atoms with E-state index in [1.807, 2.05) is 0 Å². The molecule has 0 N–H and O–H groups in total. The van der Waals surface area contributed by atoms with Crippen LogP contribution in [0.25, 0.3) is 0 Å². The van der Waals surface area contributed by atoms with Gasteiger partial charge in [-0.05, 0) is 49.3 Å². The Morgan fingerprint density at radius 2 is 1.58 bits per heavy atom. The highest BCUT2D eigenvalue weighted by molar-refractivity contribution is 7.81. The molecule has 2 unspecified atom stereocenters. The van der Waals surface area contributed by atoms with Gasteiger partial charge in [-0.1, -0.05) is 85.5 Å². The van der Waals surface area contributed by atoms with E-state index in [1.165, 1.54) is 29.0 Å². The van der Waals surface area contributed by atoms with Gasteiger partial charge in [0.1, 0.15) is 0 Å². The average Bonchev–Trinajstić information content (AvgIpc) is 3.32. The topological polar surface area (TPSA) is 35.5 Å². The molecule has 1 fully saturated rings. The van der Waals surface area contributed by atoms with Gasteiger partial charge in [0.2, 0.25) is 12.1 Å². The van der Waals surface area contributed by atoms with Crippen LogP contribution in [0.5, 0.6) is 11.5 Å². The number of ether oxygens (including phenoxy) is 2. The van der Waals surface area contributed by atoms with Crippen molar-refractivity contribution in [2.45, 2.75) is 44.7 Å². The van der Waals surface area contributed by atoms with Crippen molar-refractivity contribution in [3.05, 3.63) is 72.3 Å². The Bertz CT molecular complexity index is 1160. The third-order valence-electron chi connectivity index (χ3n) is 7.68. The van der Waals surface area contributed by atoms with Crippen LogP contribution >= 0.6 is 15.7 Å². The van der Waals surface area contributed by atoms with E-state index in [9.17, 15) is 4.57 Å². The summed E-state index contributed by atoms with van der Waals surface area (Å²) < 4.78 is 26.5. The van der Waals surface area contributed by atoms with Crippen LogP contribution in [0.3, 0.4) is 0 Å². The summed E-state index contributed by atoms with van der Waals surface area (Å²) in [5, 5.41) is 4.69. The summed E-state index contributed by atoms with van der Waals surface area (Å²) in [5.74, 6) is 3.14. The van der Waals surface area contributed by atoms with Crippen molar-refractivity contribution in [3.8, 4) is 11.5 Å². The molecule has 168 valence electrons. The fourth-order valence-electron chi connectivity index (χ4n) is 6.01. The van der Waals surface area contributed by atoms with Crippen LogP contribution in [0, 0.1) is 11.8 Å². The number of rotatable bonds is 3. The van der Waals surface area contributed by atoms with Gasteiger partial charge in [-0.3, -0.25) is 0 Å². The molecule has 2 aliphatic heterocycles. The molecule has 5 heteroatoms. The van der Waals surface area contributed by atoms with Gasteiger partial charge in [-0.2, -0.15) is 0 Å². The Morgan fingerprint density at radius 1 is 0.909 bits per heavy atom. The summed E-state index contributed by atoms with van der Waals surface area (Å²) in [5.41, 5.74) is 1.49. The lowest BCUT2D eigenvalue weighted by Crippen LogP contribution is -2.42. The summed E-state index contributed by atoms with van der Waals surface area (Å²) in [6.45, 7) is 4.89. The highest BCUT2D eigenvalue weighted by Gasteiger charge is 2.54. The first kappa shape index (κ1) is 21.3. The second kappa shape index (κ2) is 8.53. The molecule has 0 spiro atoms. The number of hydrogen-bond donors (Lipinski definition) is 0. The van der Waals surface area contributed by atoms with Crippen LogP contribution in [0.1, 0.15) is 44.6 Å². The van der Waals surface area contributed by atoms with Gasteiger partial charge in [-0.25, -0.2) is 0 Å². The van der Waals surface area contributed by atoms with E-state index in [0.29, 0.717) is 17.8 Å². The lowest BCUT2D eigenvalue weighted by molar-refractivity contribution is 0.174. The molecule has 33 heavy (non-hydrogen) atoms. The number of fused-ring (bicyclic) bond motifs is 3. The first-order chi connectivity index (χ1) is 16.1. The summed E-state index contributed by atoms with van der Waals surface area (Å²) in [4.78, 5) is 0. The largest absolute Gasteiger partial charge is 0.454 e. The highest BCUT2D eigenvalue weighted by atomic mass is 31.1. The van der Waals surface area contributed by atoms with E-state index in [1.54, 1.807) is 0 Å². The van der Waals surface area contributed by atoms with Crippen molar-refractivity contribution in [3.63, 3.8) is 0 Å². The van der Waals surface area contributed by atoms with Gasteiger partial charge in [-0.15, -0.1) is 0 Å². The molecule has 0 amide bonds. The minimum atomic E-state index is -1.53. The fraction of sp³-hybridized carbons (Fsp3) is 0.357. The van der Waals surface area contributed by atoms with Crippen molar-refractivity contribution < 1.29 is 14.0 Å². The van der Waals surface area contributed by atoms with E-state index in [2.05, 4.69) is 80.6 Å². The van der Waals surface area contributed by atoms with Crippen LogP contribution in [0.4, 0.5) is 0 Å². The lowest BCUT2D eigenvalue weighted by Gasteiger charge is -2.37. The zero-order chi connectivity index (χ0) is 22.5. The molecule has 2 heterocycles. The van der Waals surface area contributed by atoms with Crippen LogP contribution in [0.15, 0.2) is 66.7 Å². The van der Waals surface area contributed by atoms with Gasteiger partial charge in [0.25, 0.3) is 0 Å². The maximum absolute atomic E-state index is 14.4. The second-order valence-electron chi connectivity index (χ2n) is 9.67. The summed E-state index contributed by atoms with van der Waals surface area (Å²) in [6, 6.07) is 23.5. The van der Waals surface area contributed by atoms with E-state index in [4.69, 9.17) is 9.47 Å². The van der Waals surface area contributed by atoms with E-state index >= 15 is 0 Å². The summed E-state index contributed by atoms with van der Waals surface area (Å²) in [6.07, 6.45) is 3.47. The van der Waals surface area contributed by atoms with Gasteiger partial charge in [0, 0.05) is 11.5 Å². The van der Waals surface area contributed by atoms with Gasteiger partial charge in [0.15, 0.2) is 17.2 Å².